The van der Waals surface area contributed by atoms with Crippen LogP contribution in [0.1, 0.15) is 69.3 Å². The van der Waals surface area contributed by atoms with E-state index in [1.54, 1.807) is 0 Å². The summed E-state index contributed by atoms with van der Waals surface area (Å²) in [6.45, 7) is 8.86. The second-order valence-corrected chi connectivity index (χ2v) is 10.6. The van der Waals surface area contributed by atoms with Crippen LogP contribution in [0, 0.1) is 22.7 Å². The van der Waals surface area contributed by atoms with Crippen molar-refractivity contribution < 1.29 is 32.2 Å². The van der Waals surface area contributed by atoms with E-state index < -0.39 is 33.2 Å². The number of phenols is 2. The molecule has 1 aromatic carbocycles. The molecule has 2 unspecified atom stereocenters. The Hall–Kier alpha value is -2.06. The highest BCUT2D eigenvalue weighted by Gasteiger charge is 2.51. The van der Waals surface area contributed by atoms with Crippen molar-refractivity contribution in [2.24, 2.45) is 22.7 Å². The number of aromatic hydroxyl groups is 2. The molecule has 3 rings (SSSR count). The van der Waals surface area contributed by atoms with E-state index in [9.17, 15) is 28.0 Å². The molecule has 0 amide bonds. The summed E-state index contributed by atoms with van der Waals surface area (Å²) in [6, 6.07) is 1.21. The SMILES string of the molecule is CC1=CCC2C(C)(C)CCC[C@]2(C)C1Cc1cc(O)c(O)c(C=O)c1OS(=O)(=O)O. The van der Waals surface area contributed by atoms with Gasteiger partial charge in [-0.3, -0.25) is 9.35 Å². The molecule has 0 aromatic heterocycles. The Labute approximate surface area is 177 Å². The van der Waals surface area contributed by atoms with E-state index in [2.05, 4.69) is 31.0 Å². The number of carbonyl (C=O) groups excluding carboxylic acids is 1. The molecule has 0 spiro atoms. The van der Waals surface area contributed by atoms with E-state index >= 15 is 0 Å². The lowest BCUT2D eigenvalue weighted by atomic mass is 9.48. The molecule has 2 aliphatic carbocycles. The van der Waals surface area contributed by atoms with Gasteiger partial charge in [-0.2, -0.15) is 8.42 Å². The number of carbonyl (C=O) groups is 1. The van der Waals surface area contributed by atoms with Gasteiger partial charge in [-0.1, -0.05) is 38.8 Å². The maximum Gasteiger partial charge on any atom is 0.446 e. The third kappa shape index (κ3) is 3.95. The van der Waals surface area contributed by atoms with Crippen LogP contribution in [0.2, 0.25) is 0 Å². The fourth-order valence-corrected chi connectivity index (χ4v) is 6.34. The van der Waals surface area contributed by atoms with E-state index in [4.69, 9.17) is 0 Å². The second-order valence-electron chi connectivity index (χ2n) is 9.62. The quantitative estimate of drug-likeness (QED) is 0.269. The average molecular weight is 439 g/mol. The van der Waals surface area contributed by atoms with E-state index in [1.165, 1.54) is 6.07 Å². The maximum atomic E-state index is 11.5. The third-order valence-electron chi connectivity index (χ3n) is 7.37. The van der Waals surface area contributed by atoms with Crippen LogP contribution in [0.25, 0.3) is 0 Å². The van der Waals surface area contributed by atoms with E-state index in [1.807, 2.05) is 6.92 Å². The van der Waals surface area contributed by atoms with E-state index in [0.717, 1.165) is 31.3 Å². The Morgan fingerprint density at radius 2 is 1.90 bits per heavy atom. The van der Waals surface area contributed by atoms with Gasteiger partial charge < -0.3 is 14.4 Å². The van der Waals surface area contributed by atoms with Gasteiger partial charge in [0.2, 0.25) is 0 Å². The van der Waals surface area contributed by atoms with E-state index in [-0.39, 0.29) is 28.6 Å². The summed E-state index contributed by atoms with van der Waals surface area (Å²) in [5.74, 6) is -1.34. The highest BCUT2D eigenvalue weighted by molar-refractivity contribution is 7.81. The highest BCUT2D eigenvalue weighted by Crippen LogP contribution is 2.60. The summed E-state index contributed by atoms with van der Waals surface area (Å²) < 4.78 is 36.7. The maximum absolute atomic E-state index is 11.5. The third-order valence-corrected chi connectivity index (χ3v) is 7.75. The molecule has 0 bridgehead atoms. The number of phenolic OH excluding ortho intramolecular Hbond substituents is 2. The summed E-state index contributed by atoms with van der Waals surface area (Å²) >= 11 is 0. The Balaban J connectivity index is 2.13. The molecule has 7 nitrogen and oxygen atoms in total. The van der Waals surface area contributed by atoms with Crippen LogP contribution >= 0.6 is 0 Å². The highest BCUT2D eigenvalue weighted by atomic mass is 32.3. The van der Waals surface area contributed by atoms with Gasteiger partial charge in [-0.05, 0) is 61.3 Å². The minimum absolute atomic E-state index is 0.0167. The average Bonchev–Trinajstić information content (AvgIpc) is 2.60. The van der Waals surface area contributed by atoms with E-state index in [0.29, 0.717) is 12.3 Å². The largest absolute Gasteiger partial charge is 0.504 e. The van der Waals surface area contributed by atoms with Crippen LogP contribution in [0.4, 0.5) is 0 Å². The molecule has 30 heavy (non-hydrogen) atoms. The van der Waals surface area contributed by atoms with Crippen molar-refractivity contribution >= 4 is 16.7 Å². The first-order valence-corrected chi connectivity index (χ1v) is 11.5. The number of allylic oxidation sites excluding steroid dienone is 2. The van der Waals surface area contributed by atoms with Crippen molar-refractivity contribution in [3.05, 3.63) is 28.8 Å². The van der Waals surface area contributed by atoms with Gasteiger partial charge in [0, 0.05) is 5.56 Å². The molecule has 3 atom stereocenters. The van der Waals surface area contributed by atoms with Gasteiger partial charge in [0.15, 0.2) is 23.5 Å². The topological polar surface area (TPSA) is 121 Å². The Kier molecular flexibility index (Phi) is 5.71. The van der Waals surface area contributed by atoms with Crippen LogP contribution in [-0.2, 0) is 16.8 Å². The molecule has 8 heteroatoms. The predicted octanol–water partition coefficient (Wildman–Crippen LogP) is 4.43. The normalized spacial score (nSPS) is 28.4. The molecular weight excluding hydrogens is 408 g/mol. The minimum Gasteiger partial charge on any atom is -0.504 e. The van der Waals surface area contributed by atoms with Gasteiger partial charge in [-0.25, -0.2) is 0 Å². The first-order chi connectivity index (χ1) is 13.8. The number of fused-ring (bicyclic) bond motifs is 1. The van der Waals surface area contributed by atoms with Gasteiger partial charge in [-0.15, -0.1) is 0 Å². The van der Waals surface area contributed by atoms with Crippen LogP contribution in [0.15, 0.2) is 17.7 Å². The molecule has 0 radical (unpaired) electrons. The lowest BCUT2D eigenvalue weighted by molar-refractivity contribution is -0.0368. The Morgan fingerprint density at radius 3 is 2.50 bits per heavy atom. The summed E-state index contributed by atoms with van der Waals surface area (Å²) in [5.41, 5.74) is 0.981. The molecule has 1 aromatic rings. The summed E-state index contributed by atoms with van der Waals surface area (Å²) in [5, 5.41) is 20.1. The van der Waals surface area contributed by atoms with Crippen LogP contribution in [-0.4, -0.2) is 29.5 Å². The summed E-state index contributed by atoms with van der Waals surface area (Å²) in [4.78, 5) is 11.5. The lowest BCUT2D eigenvalue weighted by Crippen LogP contribution is -2.49. The number of aldehydes is 1. The van der Waals surface area contributed by atoms with Gasteiger partial charge >= 0.3 is 10.4 Å². The van der Waals surface area contributed by atoms with Crippen LogP contribution in [0.3, 0.4) is 0 Å². The number of hydrogen-bond donors (Lipinski definition) is 3. The van der Waals surface area contributed by atoms with Gasteiger partial charge in [0.25, 0.3) is 0 Å². The zero-order valence-corrected chi connectivity index (χ0v) is 18.6. The molecule has 166 valence electrons. The fourth-order valence-electron chi connectivity index (χ4n) is 5.93. The monoisotopic (exact) mass is 438 g/mol. The van der Waals surface area contributed by atoms with Crippen molar-refractivity contribution in [1.82, 2.24) is 0 Å². The minimum atomic E-state index is -4.94. The Morgan fingerprint density at radius 1 is 1.23 bits per heavy atom. The van der Waals surface area contributed by atoms with Crippen molar-refractivity contribution in [2.45, 2.75) is 59.8 Å². The van der Waals surface area contributed by atoms with Gasteiger partial charge in [0.05, 0.1) is 0 Å². The van der Waals surface area contributed by atoms with Crippen LogP contribution < -0.4 is 4.18 Å². The molecule has 1 saturated carbocycles. The predicted molar refractivity (Wildman–Crippen MR) is 112 cm³/mol. The fraction of sp³-hybridized carbons (Fsp3) is 0.591. The zero-order chi connectivity index (χ0) is 22.5. The van der Waals surface area contributed by atoms with Crippen LogP contribution in [0.5, 0.6) is 17.2 Å². The second kappa shape index (κ2) is 7.57. The number of rotatable bonds is 5. The molecule has 0 aliphatic heterocycles. The zero-order valence-electron chi connectivity index (χ0n) is 17.8. The molecule has 2 aliphatic rings. The summed E-state index contributed by atoms with van der Waals surface area (Å²) in [6.07, 6.45) is 6.92. The molecule has 0 heterocycles. The Bertz CT molecular complexity index is 993. The van der Waals surface area contributed by atoms with Crippen molar-refractivity contribution in [3.8, 4) is 17.2 Å². The van der Waals surface area contributed by atoms with Crippen molar-refractivity contribution in [1.29, 1.82) is 0 Å². The molecular formula is C22H30O7S. The van der Waals surface area contributed by atoms with Gasteiger partial charge in [0.1, 0.15) is 5.56 Å². The lowest BCUT2D eigenvalue weighted by Gasteiger charge is -2.57. The van der Waals surface area contributed by atoms with Crippen molar-refractivity contribution in [2.75, 3.05) is 0 Å². The van der Waals surface area contributed by atoms with Crippen molar-refractivity contribution in [3.63, 3.8) is 0 Å². The smallest absolute Gasteiger partial charge is 0.446 e. The first kappa shape index (κ1) is 22.6. The number of benzene rings is 1. The molecule has 0 saturated heterocycles. The molecule has 3 N–H and O–H groups in total. The molecule has 1 fully saturated rings. The first-order valence-electron chi connectivity index (χ1n) is 10.2. The number of hydrogen-bond acceptors (Lipinski definition) is 6. The summed E-state index contributed by atoms with van der Waals surface area (Å²) in [7, 11) is -4.94. The standard InChI is InChI=1S/C22H30O7S/c1-13-6-7-18-21(2,3)8-5-9-22(18,4)16(13)10-14-11-17(24)19(25)15(12-23)20(14)29-30(26,27)28/h6,11-12,16,18,24-25H,5,7-10H2,1-4H3,(H,26,27,28)/t16?,18?,22-/m1/s1.